The predicted octanol–water partition coefficient (Wildman–Crippen LogP) is 3.88. The zero-order chi connectivity index (χ0) is 16.4. The van der Waals surface area contributed by atoms with Crippen LogP contribution in [0.25, 0.3) is 11.0 Å². The van der Waals surface area contributed by atoms with E-state index >= 15 is 0 Å². The molecular formula is C16H13F2N3OS. The van der Waals surface area contributed by atoms with Crippen LogP contribution in [-0.4, -0.2) is 21.6 Å². The molecule has 0 spiro atoms. The van der Waals surface area contributed by atoms with Gasteiger partial charge in [0.2, 0.25) is 5.91 Å². The summed E-state index contributed by atoms with van der Waals surface area (Å²) < 4.78 is 26.3. The monoisotopic (exact) mass is 333 g/mol. The van der Waals surface area contributed by atoms with E-state index in [0.29, 0.717) is 16.2 Å². The number of nitrogens with one attached hydrogen (secondary N) is 2. The summed E-state index contributed by atoms with van der Waals surface area (Å²) in [5, 5.41) is 3.25. The largest absolute Gasteiger partial charge is 0.333 e. The second-order valence-electron chi connectivity index (χ2n) is 4.98. The van der Waals surface area contributed by atoms with Crippen LogP contribution in [0.15, 0.2) is 41.6 Å². The molecule has 7 heteroatoms. The summed E-state index contributed by atoms with van der Waals surface area (Å²) in [6, 6.07) is 9.55. The van der Waals surface area contributed by atoms with E-state index < -0.39 is 11.6 Å². The van der Waals surface area contributed by atoms with Crippen LogP contribution in [-0.2, 0) is 4.79 Å². The first kappa shape index (κ1) is 15.5. The first-order valence-corrected chi connectivity index (χ1v) is 7.84. The van der Waals surface area contributed by atoms with Crippen LogP contribution in [0.3, 0.4) is 0 Å². The van der Waals surface area contributed by atoms with Crippen molar-refractivity contribution in [3.63, 3.8) is 0 Å². The van der Waals surface area contributed by atoms with Crippen LogP contribution in [0.2, 0.25) is 0 Å². The number of amides is 1. The van der Waals surface area contributed by atoms with Crippen LogP contribution in [0.5, 0.6) is 0 Å². The molecule has 0 aliphatic carbocycles. The number of carbonyl (C=O) groups excluding carboxylic acids is 1. The van der Waals surface area contributed by atoms with E-state index in [2.05, 4.69) is 15.3 Å². The van der Waals surface area contributed by atoms with Crippen molar-refractivity contribution in [3.8, 4) is 0 Å². The molecule has 0 atom stereocenters. The van der Waals surface area contributed by atoms with E-state index in [0.717, 1.165) is 23.4 Å². The molecule has 1 aromatic heterocycles. The number of hydrogen-bond acceptors (Lipinski definition) is 3. The van der Waals surface area contributed by atoms with Gasteiger partial charge in [0.1, 0.15) is 0 Å². The van der Waals surface area contributed by atoms with Crippen molar-refractivity contribution in [2.75, 3.05) is 11.1 Å². The number of fused-ring (bicyclic) bond motifs is 1. The molecule has 118 valence electrons. The van der Waals surface area contributed by atoms with Crippen molar-refractivity contribution >= 4 is 34.4 Å². The number of rotatable bonds is 4. The number of anilines is 1. The standard InChI is InChI=1S/C16H13F2N3OS/c1-9-4-2-3-5-12(9)19-15(22)8-23-16-20-13-6-10(17)11(18)7-14(13)21-16/h2-7H,8H2,1H3,(H,19,22)(H,20,21). The van der Waals surface area contributed by atoms with Crippen molar-refractivity contribution in [1.29, 1.82) is 0 Å². The summed E-state index contributed by atoms with van der Waals surface area (Å²) in [6.45, 7) is 1.91. The van der Waals surface area contributed by atoms with Crippen LogP contribution < -0.4 is 5.32 Å². The minimum Gasteiger partial charge on any atom is -0.333 e. The second kappa shape index (κ2) is 6.37. The number of aryl methyl sites for hydroxylation is 1. The van der Waals surface area contributed by atoms with Crippen molar-refractivity contribution in [2.45, 2.75) is 12.1 Å². The number of imidazole rings is 1. The second-order valence-corrected chi connectivity index (χ2v) is 5.94. The lowest BCUT2D eigenvalue weighted by atomic mass is 10.2. The number of nitrogens with zero attached hydrogens (tertiary/aromatic N) is 1. The Morgan fingerprint density at radius 3 is 2.78 bits per heavy atom. The molecule has 0 saturated carbocycles. The third-order valence-electron chi connectivity index (χ3n) is 3.26. The number of para-hydroxylation sites is 1. The van der Waals surface area contributed by atoms with E-state index in [1.165, 1.54) is 11.8 Å². The zero-order valence-corrected chi connectivity index (χ0v) is 13.0. The first-order valence-electron chi connectivity index (χ1n) is 6.86. The third-order valence-corrected chi connectivity index (χ3v) is 4.13. The number of thioether (sulfide) groups is 1. The third kappa shape index (κ3) is 3.50. The van der Waals surface area contributed by atoms with Gasteiger partial charge in [0, 0.05) is 17.8 Å². The molecule has 1 heterocycles. The molecule has 4 nitrogen and oxygen atoms in total. The van der Waals surface area contributed by atoms with E-state index in [-0.39, 0.29) is 11.7 Å². The molecule has 0 saturated heterocycles. The lowest BCUT2D eigenvalue weighted by Crippen LogP contribution is -2.14. The maximum Gasteiger partial charge on any atom is 0.234 e. The van der Waals surface area contributed by atoms with E-state index in [1.807, 2.05) is 31.2 Å². The van der Waals surface area contributed by atoms with Crippen LogP contribution >= 0.6 is 11.8 Å². The Morgan fingerprint density at radius 1 is 1.26 bits per heavy atom. The number of H-pyrrole nitrogens is 1. The molecule has 3 rings (SSSR count). The number of hydrogen-bond donors (Lipinski definition) is 2. The molecule has 0 aliphatic rings. The Labute approximate surface area is 135 Å². The van der Waals surface area contributed by atoms with Crippen LogP contribution in [0, 0.1) is 18.6 Å². The topological polar surface area (TPSA) is 57.8 Å². The van der Waals surface area contributed by atoms with Gasteiger partial charge in [-0.2, -0.15) is 0 Å². The highest BCUT2D eigenvalue weighted by molar-refractivity contribution is 7.99. The van der Waals surface area contributed by atoms with Gasteiger partial charge in [0.15, 0.2) is 16.8 Å². The van der Waals surface area contributed by atoms with Crippen LogP contribution in [0.1, 0.15) is 5.56 Å². The van der Waals surface area contributed by atoms with E-state index in [1.54, 1.807) is 0 Å². The molecule has 1 amide bonds. The molecular weight excluding hydrogens is 320 g/mol. The fourth-order valence-corrected chi connectivity index (χ4v) is 2.77. The normalized spacial score (nSPS) is 10.9. The number of aromatic amines is 1. The molecule has 2 aromatic carbocycles. The van der Waals surface area contributed by atoms with Crippen LogP contribution in [0.4, 0.5) is 14.5 Å². The van der Waals surface area contributed by atoms with Crippen molar-refractivity contribution < 1.29 is 13.6 Å². The minimum atomic E-state index is -0.946. The number of aromatic nitrogens is 2. The van der Waals surface area contributed by atoms with Gasteiger partial charge in [0.25, 0.3) is 0 Å². The van der Waals surface area contributed by atoms with Crippen molar-refractivity contribution in [3.05, 3.63) is 53.6 Å². The molecule has 3 aromatic rings. The molecule has 0 unspecified atom stereocenters. The van der Waals surface area contributed by atoms with Gasteiger partial charge in [-0.1, -0.05) is 30.0 Å². The van der Waals surface area contributed by atoms with Crippen molar-refractivity contribution in [2.24, 2.45) is 0 Å². The summed E-state index contributed by atoms with van der Waals surface area (Å²) in [7, 11) is 0. The summed E-state index contributed by atoms with van der Waals surface area (Å²) in [5.74, 6) is -1.92. The summed E-state index contributed by atoms with van der Waals surface area (Å²) in [4.78, 5) is 19.0. The molecule has 0 aliphatic heterocycles. The van der Waals surface area contributed by atoms with Gasteiger partial charge >= 0.3 is 0 Å². The highest BCUT2D eigenvalue weighted by Crippen LogP contribution is 2.22. The molecule has 2 N–H and O–H groups in total. The van der Waals surface area contributed by atoms with Crippen molar-refractivity contribution in [1.82, 2.24) is 9.97 Å². The SMILES string of the molecule is Cc1ccccc1NC(=O)CSc1nc2cc(F)c(F)cc2[nH]1. The quantitative estimate of drug-likeness (QED) is 0.712. The predicted molar refractivity (Wildman–Crippen MR) is 86.5 cm³/mol. The average Bonchev–Trinajstić information content (AvgIpc) is 2.90. The number of carbonyl (C=O) groups is 1. The smallest absolute Gasteiger partial charge is 0.234 e. The maximum absolute atomic E-state index is 13.2. The summed E-state index contributed by atoms with van der Waals surface area (Å²) >= 11 is 1.17. The fraction of sp³-hybridized carbons (Fsp3) is 0.125. The fourth-order valence-electron chi connectivity index (χ4n) is 2.08. The molecule has 0 radical (unpaired) electrons. The Morgan fingerprint density at radius 2 is 2.00 bits per heavy atom. The average molecular weight is 333 g/mol. The molecule has 0 bridgehead atoms. The van der Waals surface area contributed by atoms with Gasteiger partial charge in [-0.15, -0.1) is 0 Å². The van der Waals surface area contributed by atoms with Gasteiger partial charge in [-0.25, -0.2) is 13.8 Å². The van der Waals surface area contributed by atoms with Gasteiger partial charge in [-0.05, 0) is 18.6 Å². The lowest BCUT2D eigenvalue weighted by molar-refractivity contribution is -0.113. The Kier molecular flexibility index (Phi) is 4.29. The first-order chi connectivity index (χ1) is 11.0. The maximum atomic E-state index is 13.2. The summed E-state index contributed by atoms with van der Waals surface area (Å²) in [5.41, 5.74) is 2.45. The minimum absolute atomic E-state index is 0.138. The number of benzene rings is 2. The highest BCUT2D eigenvalue weighted by atomic mass is 32.2. The Balaban J connectivity index is 1.66. The van der Waals surface area contributed by atoms with Gasteiger partial charge < -0.3 is 10.3 Å². The lowest BCUT2D eigenvalue weighted by Gasteiger charge is -2.06. The zero-order valence-electron chi connectivity index (χ0n) is 12.2. The summed E-state index contributed by atoms with van der Waals surface area (Å²) in [6.07, 6.45) is 0. The van der Waals surface area contributed by atoms with Gasteiger partial charge in [-0.3, -0.25) is 4.79 Å². The molecule has 0 fully saturated rings. The van der Waals surface area contributed by atoms with E-state index in [9.17, 15) is 13.6 Å². The Bertz CT molecular complexity index is 840. The van der Waals surface area contributed by atoms with Gasteiger partial charge in [0.05, 0.1) is 16.8 Å². The number of halogens is 2. The molecule has 23 heavy (non-hydrogen) atoms. The van der Waals surface area contributed by atoms with E-state index in [4.69, 9.17) is 0 Å². The highest BCUT2D eigenvalue weighted by Gasteiger charge is 2.11. The Hall–Kier alpha value is -2.41.